The van der Waals surface area contributed by atoms with Gasteiger partial charge in [-0.15, -0.1) is 0 Å². The summed E-state index contributed by atoms with van der Waals surface area (Å²) in [5, 5.41) is 1.02. The van der Waals surface area contributed by atoms with Crippen molar-refractivity contribution in [3.8, 4) is 0 Å². The highest BCUT2D eigenvalue weighted by atomic mass is 79.9. The van der Waals surface area contributed by atoms with Gasteiger partial charge in [0.1, 0.15) is 0 Å². The van der Waals surface area contributed by atoms with Crippen LogP contribution >= 0.6 is 15.9 Å². The Bertz CT molecular complexity index is 528. The van der Waals surface area contributed by atoms with E-state index in [9.17, 15) is 4.79 Å². The second kappa shape index (κ2) is 4.42. The summed E-state index contributed by atoms with van der Waals surface area (Å²) in [6.45, 7) is 3.97. The van der Waals surface area contributed by atoms with E-state index in [0.29, 0.717) is 0 Å². The molecule has 0 aliphatic heterocycles. The van der Waals surface area contributed by atoms with Gasteiger partial charge < -0.3 is 4.98 Å². The SMILES string of the molecule is CCc1cccc2c(C(=O)C(C)Br)c[nH]c12. The molecule has 1 unspecified atom stereocenters. The molecular weight excluding hydrogens is 266 g/mol. The molecule has 2 rings (SSSR count). The van der Waals surface area contributed by atoms with Crippen LogP contribution in [0.15, 0.2) is 24.4 Å². The molecule has 0 radical (unpaired) electrons. The van der Waals surface area contributed by atoms with Crippen LogP contribution in [0.2, 0.25) is 0 Å². The number of nitrogens with one attached hydrogen (secondary N) is 1. The molecule has 0 saturated heterocycles. The normalized spacial score (nSPS) is 12.9. The van der Waals surface area contributed by atoms with Crippen molar-refractivity contribution in [1.82, 2.24) is 4.98 Å². The molecule has 2 nitrogen and oxygen atoms in total. The summed E-state index contributed by atoms with van der Waals surface area (Å²) >= 11 is 3.32. The minimum atomic E-state index is -0.142. The number of aromatic nitrogens is 1. The number of aromatic amines is 1. The van der Waals surface area contributed by atoms with Crippen molar-refractivity contribution in [2.45, 2.75) is 25.1 Å². The van der Waals surface area contributed by atoms with E-state index < -0.39 is 0 Å². The highest BCUT2D eigenvalue weighted by molar-refractivity contribution is 9.10. The molecule has 2 aromatic rings. The monoisotopic (exact) mass is 279 g/mol. The number of alkyl halides is 1. The third-order valence-corrected chi connectivity index (χ3v) is 3.23. The molecule has 1 aromatic carbocycles. The maximum Gasteiger partial charge on any atom is 0.178 e. The molecule has 0 saturated carbocycles. The first-order chi connectivity index (χ1) is 7.65. The summed E-state index contributed by atoms with van der Waals surface area (Å²) in [4.78, 5) is 15.0. The molecule has 84 valence electrons. The van der Waals surface area contributed by atoms with E-state index in [1.807, 2.05) is 25.3 Å². The van der Waals surface area contributed by atoms with Crippen LogP contribution in [0.4, 0.5) is 0 Å². The van der Waals surface area contributed by atoms with E-state index in [4.69, 9.17) is 0 Å². The van der Waals surface area contributed by atoms with Gasteiger partial charge in [0.15, 0.2) is 5.78 Å². The number of benzene rings is 1. The van der Waals surface area contributed by atoms with Gasteiger partial charge in [-0.3, -0.25) is 4.79 Å². The zero-order valence-corrected chi connectivity index (χ0v) is 11.0. The van der Waals surface area contributed by atoms with Gasteiger partial charge in [-0.1, -0.05) is 41.1 Å². The number of carbonyl (C=O) groups excluding carboxylic acids is 1. The van der Waals surface area contributed by atoms with Gasteiger partial charge in [0, 0.05) is 22.7 Å². The standard InChI is InChI=1S/C13H14BrNO/c1-3-9-5-4-6-10-11(7-15-12(9)10)13(16)8(2)14/h4-8,15H,3H2,1-2H3. The molecule has 3 heteroatoms. The Balaban J connectivity index is 2.62. The molecule has 1 heterocycles. The molecule has 0 aliphatic rings. The number of ketones is 1. The number of carbonyl (C=O) groups is 1. The summed E-state index contributed by atoms with van der Waals surface area (Å²) in [5.41, 5.74) is 3.11. The minimum Gasteiger partial charge on any atom is -0.360 e. The lowest BCUT2D eigenvalue weighted by molar-refractivity contribution is 0.0997. The lowest BCUT2D eigenvalue weighted by Gasteiger charge is -2.02. The van der Waals surface area contributed by atoms with Crippen LogP contribution in [0, 0.1) is 0 Å². The number of fused-ring (bicyclic) bond motifs is 1. The molecule has 0 amide bonds. The Morgan fingerprint density at radius 3 is 2.88 bits per heavy atom. The Morgan fingerprint density at radius 1 is 1.50 bits per heavy atom. The molecule has 1 N–H and O–H groups in total. The summed E-state index contributed by atoms with van der Waals surface area (Å²) in [7, 11) is 0. The molecule has 0 spiro atoms. The van der Waals surface area contributed by atoms with E-state index in [0.717, 1.165) is 22.9 Å². The van der Waals surface area contributed by atoms with E-state index in [1.54, 1.807) is 0 Å². The second-order valence-corrected chi connectivity index (χ2v) is 5.25. The van der Waals surface area contributed by atoms with Gasteiger partial charge >= 0.3 is 0 Å². The van der Waals surface area contributed by atoms with Crippen LogP contribution in [0.3, 0.4) is 0 Å². The van der Waals surface area contributed by atoms with Crippen molar-refractivity contribution >= 4 is 32.6 Å². The third-order valence-electron chi connectivity index (χ3n) is 2.81. The highest BCUT2D eigenvalue weighted by Crippen LogP contribution is 2.24. The van der Waals surface area contributed by atoms with Gasteiger partial charge in [0.05, 0.1) is 4.83 Å². The molecule has 0 fully saturated rings. The van der Waals surface area contributed by atoms with Crippen molar-refractivity contribution < 1.29 is 4.79 Å². The summed E-state index contributed by atoms with van der Waals surface area (Å²) < 4.78 is 0. The van der Waals surface area contributed by atoms with Crippen LogP contribution < -0.4 is 0 Å². The first-order valence-electron chi connectivity index (χ1n) is 5.42. The molecule has 0 aliphatic carbocycles. The van der Waals surface area contributed by atoms with Gasteiger partial charge in [0.2, 0.25) is 0 Å². The number of rotatable bonds is 3. The number of aryl methyl sites for hydroxylation is 1. The van der Waals surface area contributed by atoms with Crippen molar-refractivity contribution in [1.29, 1.82) is 0 Å². The zero-order valence-electron chi connectivity index (χ0n) is 9.38. The predicted molar refractivity (Wildman–Crippen MR) is 70.4 cm³/mol. The fourth-order valence-corrected chi connectivity index (χ4v) is 2.18. The Morgan fingerprint density at radius 2 is 2.25 bits per heavy atom. The number of Topliss-reactive ketones (excluding diaryl/α,β-unsaturated/α-hetero) is 1. The molecule has 1 atom stereocenters. The third kappa shape index (κ3) is 1.80. The van der Waals surface area contributed by atoms with Crippen LogP contribution in [0.1, 0.15) is 29.8 Å². The Hall–Kier alpha value is -1.09. The maximum absolute atomic E-state index is 12.0. The van der Waals surface area contributed by atoms with Crippen LogP contribution in [-0.2, 0) is 6.42 Å². The quantitative estimate of drug-likeness (QED) is 0.675. The lowest BCUT2D eigenvalue weighted by atomic mass is 10.0. The summed E-state index contributed by atoms with van der Waals surface area (Å²) in [6.07, 6.45) is 2.78. The van der Waals surface area contributed by atoms with E-state index in [2.05, 4.69) is 33.9 Å². The van der Waals surface area contributed by atoms with E-state index >= 15 is 0 Å². The second-order valence-electron chi connectivity index (χ2n) is 3.88. The van der Waals surface area contributed by atoms with Gasteiger partial charge in [-0.25, -0.2) is 0 Å². The van der Waals surface area contributed by atoms with Crippen molar-refractivity contribution in [2.75, 3.05) is 0 Å². The summed E-state index contributed by atoms with van der Waals surface area (Å²) in [6, 6.07) is 6.09. The van der Waals surface area contributed by atoms with Gasteiger partial charge in [0.25, 0.3) is 0 Å². The fraction of sp³-hybridized carbons (Fsp3) is 0.308. The smallest absolute Gasteiger partial charge is 0.178 e. The largest absolute Gasteiger partial charge is 0.360 e. The summed E-state index contributed by atoms with van der Waals surface area (Å²) in [5.74, 6) is 0.125. The molecule has 1 aromatic heterocycles. The van der Waals surface area contributed by atoms with Crippen molar-refractivity contribution in [3.63, 3.8) is 0 Å². The molecular formula is C13H14BrNO. The van der Waals surface area contributed by atoms with E-state index in [-0.39, 0.29) is 10.6 Å². The number of H-pyrrole nitrogens is 1. The van der Waals surface area contributed by atoms with Crippen LogP contribution in [0.5, 0.6) is 0 Å². The average Bonchev–Trinajstić information content (AvgIpc) is 2.71. The lowest BCUT2D eigenvalue weighted by Crippen LogP contribution is -2.08. The molecule has 0 bridgehead atoms. The topological polar surface area (TPSA) is 32.9 Å². The highest BCUT2D eigenvalue weighted by Gasteiger charge is 2.16. The zero-order chi connectivity index (χ0) is 11.7. The van der Waals surface area contributed by atoms with E-state index in [1.165, 1.54) is 5.56 Å². The minimum absolute atomic E-state index is 0.125. The fourth-order valence-electron chi connectivity index (χ4n) is 1.93. The molecule has 16 heavy (non-hydrogen) atoms. The first-order valence-corrected chi connectivity index (χ1v) is 6.34. The van der Waals surface area contributed by atoms with Crippen LogP contribution in [0.25, 0.3) is 10.9 Å². The van der Waals surface area contributed by atoms with Crippen molar-refractivity contribution in [2.24, 2.45) is 0 Å². The number of halogens is 1. The predicted octanol–water partition coefficient (Wildman–Crippen LogP) is 3.70. The maximum atomic E-state index is 12.0. The Kier molecular flexibility index (Phi) is 3.15. The first kappa shape index (κ1) is 11.4. The number of para-hydroxylation sites is 1. The average molecular weight is 280 g/mol. The van der Waals surface area contributed by atoms with Crippen LogP contribution in [-0.4, -0.2) is 15.6 Å². The number of hydrogen-bond donors (Lipinski definition) is 1. The Labute approximate surface area is 103 Å². The number of hydrogen-bond acceptors (Lipinski definition) is 1. The van der Waals surface area contributed by atoms with Gasteiger partial charge in [-0.2, -0.15) is 0 Å². The van der Waals surface area contributed by atoms with Gasteiger partial charge in [-0.05, 0) is 18.9 Å². The van der Waals surface area contributed by atoms with Crippen molar-refractivity contribution in [3.05, 3.63) is 35.5 Å².